The molecular weight excluding hydrogens is 100 g/mol. The predicted molar refractivity (Wildman–Crippen MR) is 30.5 cm³/mol. The van der Waals surface area contributed by atoms with Gasteiger partial charge in [0.25, 0.3) is 0 Å². The zero-order valence-electron chi connectivity index (χ0n) is 5.10. The van der Waals surface area contributed by atoms with Crippen molar-refractivity contribution in [2.75, 3.05) is 0 Å². The molecule has 0 saturated heterocycles. The first-order valence-corrected chi connectivity index (χ1v) is 2.58. The van der Waals surface area contributed by atoms with E-state index in [0.29, 0.717) is 0 Å². The molecule has 1 aliphatic rings. The minimum atomic E-state index is 0.988. The highest BCUT2D eigenvalue weighted by atomic mass is 15.2. The summed E-state index contributed by atoms with van der Waals surface area (Å²) in [4.78, 5) is 0. The van der Waals surface area contributed by atoms with Crippen molar-refractivity contribution < 1.29 is 4.70 Å². The predicted octanol–water partition coefficient (Wildman–Crippen LogP) is 1.85. The second kappa shape index (κ2) is 1.54. The third-order valence-electron chi connectivity index (χ3n) is 1.27. The lowest BCUT2D eigenvalue weighted by Crippen LogP contribution is -1.95. The first-order chi connectivity index (χ1) is 3.72. The molecule has 1 heterocycles. The van der Waals surface area contributed by atoms with Gasteiger partial charge in [0.05, 0.1) is 0 Å². The molecule has 2 nitrogen and oxygen atoms in total. The first kappa shape index (κ1) is 5.22. The Labute approximate surface area is 48.6 Å². The molecular formula is C6H9N2+. The molecule has 8 heavy (non-hydrogen) atoms. The lowest BCUT2D eigenvalue weighted by molar-refractivity contribution is -0.515. The molecule has 0 aliphatic carbocycles. The molecule has 1 aliphatic heterocycles. The molecule has 0 fully saturated rings. The van der Waals surface area contributed by atoms with Crippen molar-refractivity contribution in [1.82, 2.24) is 0 Å². The van der Waals surface area contributed by atoms with Crippen LogP contribution in [0.25, 0.3) is 0 Å². The fraction of sp³-hybridized carbons (Fsp3) is 0.333. The van der Waals surface area contributed by atoms with Crippen LogP contribution < -0.4 is 0 Å². The standard InChI is InChI=1S/C6H9N2/c1-5-3-4-6(2)8(5)7/h3-4,7H,1-2H3/q+1. The van der Waals surface area contributed by atoms with Gasteiger partial charge in [-0.2, -0.15) is 0 Å². The third kappa shape index (κ3) is 0.579. The molecule has 0 radical (unpaired) electrons. The van der Waals surface area contributed by atoms with E-state index >= 15 is 0 Å². The fourth-order valence-electron chi connectivity index (χ4n) is 0.668. The molecule has 0 saturated carbocycles. The van der Waals surface area contributed by atoms with Crippen LogP contribution in [-0.2, 0) is 0 Å². The summed E-state index contributed by atoms with van der Waals surface area (Å²) in [5.41, 5.74) is 9.22. The van der Waals surface area contributed by atoms with Crippen molar-refractivity contribution in [1.29, 1.82) is 5.53 Å². The van der Waals surface area contributed by atoms with Crippen LogP contribution in [0.4, 0.5) is 0 Å². The quantitative estimate of drug-likeness (QED) is 0.459. The molecule has 0 atom stereocenters. The highest BCUT2D eigenvalue weighted by molar-refractivity contribution is 5.13. The molecule has 0 amide bonds. The zero-order chi connectivity index (χ0) is 6.15. The summed E-state index contributed by atoms with van der Waals surface area (Å²) in [5.74, 6) is 0. The van der Waals surface area contributed by atoms with Gasteiger partial charge in [-0.05, 0) is 5.53 Å². The van der Waals surface area contributed by atoms with Crippen molar-refractivity contribution >= 4 is 0 Å². The van der Waals surface area contributed by atoms with Crippen molar-refractivity contribution in [3.05, 3.63) is 23.5 Å². The van der Waals surface area contributed by atoms with Crippen molar-refractivity contribution in [2.45, 2.75) is 13.8 Å². The molecule has 0 bridgehead atoms. The summed E-state index contributed by atoms with van der Waals surface area (Å²) in [6.45, 7) is 3.83. The summed E-state index contributed by atoms with van der Waals surface area (Å²) in [5, 5.41) is 0. The van der Waals surface area contributed by atoms with Crippen molar-refractivity contribution in [2.24, 2.45) is 0 Å². The van der Waals surface area contributed by atoms with Crippen LogP contribution in [0.3, 0.4) is 0 Å². The van der Waals surface area contributed by atoms with Crippen LogP contribution in [-0.4, -0.2) is 4.70 Å². The lowest BCUT2D eigenvalue weighted by atomic mass is 10.5. The Hall–Kier alpha value is -0.920. The van der Waals surface area contributed by atoms with Gasteiger partial charge < -0.3 is 0 Å². The lowest BCUT2D eigenvalue weighted by Gasteiger charge is -1.84. The van der Waals surface area contributed by atoms with Gasteiger partial charge in [-0.25, -0.2) is 0 Å². The number of hydrogen-bond donors (Lipinski definition) is 1. The summed E-state index contributed by atoms with van der Waals surface area (Å²) in [7, 11) is 0. The maximum Gasteiger partial charge on any atom is 0.211 e. The fourth-order valence-corrected chi connectivity index (χ4v) is 0.668. The Morgan fingerprint density at radius 1 is 1.25 bits per heavy atom. The molecule has 0 unspecified atom stereocenters. The molecule has 0 spiro atoms. The monoisotopic (exact) mass is 109 g/mol. The highest BCUT2D eigenvalue weighted by Crippen LogP contribution is 2.11. The van der Waals surface area contributed by atoms with E-state index in [1.54, 1.807) is 0 Å². The highest BCUT2D eigenvalue weighted by Gasteiger charge is 2.14. The smallest absolute Gasteiger partial charge is 0.0619 e. The van der Waals surface area contributed by atoms with E-state index in [2.05, 4.69) is 0 Å². The number of nitrogens with zero attached hydrogens (tertiary/aromatic N) is 1. The van der Waals surface area contributed by atoms with Crippen LogP contribution in [0.15, 0.2) is 23.5 Å². The largest absolute Gasteiger partial charge is 0.211 e. The molecule has 0 aromatic carbocycles. The van der Waals surface area contributed by atoms with E-state index in [1.807, 2.05) is 26.0 Å². The second-order valence-corrected chi connectivity index (χ2v) is 1.95. The van der Waals surface area contributed by atoms with E-state index in [0.717, 1.165) is 11.4 Å². The minimum Gasteiger partial charge on any atom is -0.0619 e. The molecule has 2 heteroatoms. The van der Waals surface area contributed by atoms with E-state index in [9.17, 15) is 0 Å². The summed E-state index contributed by atoms with van der Waals surface area (Å²) < 4.78 is 1.42. The van der Waals surface area contributed by atoms with Gasteiger partial charge in [0.2, 0.25) is 11.4 Å². The maximum atomic E-state index is 7.24. The average Bonchev–Trinajstić information content (AvgIpc) is 1.98. The molecule has 0 aromatic rings. The number of nitrogens with one attached hydrogen (secondary N) is 1. The summed E-state index contributed by atoms with van der Waals surface area (Å²) in [6.07, 6.45) is 3.87. The first-order valence-electron chi connectivity index (χ1n) is 2.58. The molecule has 0 aromatic heterocycles. The van der Waals surface area contributed by atoms with Gasteiger partial charge in [-0.15, -0.1) is 0 Å². The number of allylic oxidation sites excluding steroid dienone is 4. The Kier molecular flexibility index (Phi) is 1.01. The topological polar surface area (TPSA) is 26.9 Å². The van der Waals surface area contributed by atoms with Gasteiger partial charge in [-0.1, -0.05) is 4.70 Å². The number of hydrogen-bond acceptors (Lipinski definition) is 1. The molecule has 1 N–H and O–H groups in total. The SMILES string of the molecule is CC1=CC=C(C)[N+]1=N. The Bertz CT molecular complexity index is 167. The average molecular weight is 109 g/mol. The van der Waals surface area contributed by atoms with Gasteiger partial charge in [0.1, 0.15) is 0 Å². The Balaban J connectivity index is 2.92. The van der Waals surface area contributed by atoms with Crippen LogP contribution >= 0.6 is 0 Å². The van der Waals surface area contributed by atoms with Crippen LogP contribution in [0.1, 0.15) is 13.8 Å². The normalized spacial score (nSPS) is 18.5. The van der Waals surface area contributed by atoms with Crippen molar-refractivity contribution in [3.63, 3.8) is 0 Å². The second-order valence-electron chi connectivity index (χ2n) is 1.95. The van der Waals surface area contributed by atoms with E-state index < -0.39 is 0 Å². The Morgan fingerprint density at radius 2 is 1.62 bits per heavy atom. The summed E-state index contributed by atoms with van der Waals surface area (Å²) in [6, 6.07) is 0. The van der Waals surface area contributed by atoms with Crippen LogP contribution in [0.2, 0.25) is 0 Å². The zero-order valence-corrected chi connectivity index (χ0v) is 5.10. The van der Waals surface area contributed by atoms with E-state index in [1.165, 1.54) is 4.70 Å². The van der Waals surface area contributed by atoms with Gasteiger partial charge >= 0.3 is 0 Å². The van der Waals surface area contributed by atoms with Gasteiger partial charge in [0.15, 0.2) is 0 Å². The Morgan fingerprint density at radius 3 is 1.75 bits per heavy atom. The van der Waals surface area contributed by atoms with Gasteiger partial charge in [0, 0.05) is 26.0 Å². The molecule has 1 rings (SSSR count). The third-order valence-corrected chi connectivity index (χ3v) is 1.27. The van der Waals surface area contributed by atoms with Gasteiger partial charge in [-0.3, -0.25) is 0 Å². The summed E-state index contributed by atoms with van der Waals surface area (Å²) >= 11 is 0. The minimum absolute atomic E-state index is 0.988. The molecule has 42 valence electrons. The van der Waals surface area contributed by atoms with E-state index in [-0.39, 0.29) is 0 Å². The number of rotatable bonds is 0. The van der Waals surface area contributed by atoms with E-state index in [4.69, 9.17) is 5.53 Å². The van der Waals surface area contributed by atoms with Crippen molar-refractivity contribution in [3.8, 4) is 0 Å². The maximum absolute atomic E-state index is 7.24. The van der Waals surface area contributed by atoms with Crippen LogP contribution in [0, 0.1) is 5.53 Å². The van der Waals surface area contributed by atoms with Crippen LogP contribution in [0.5, 0.6) is 0 Å².